The molecule has 1 aromatic heterocycles. The molecule has 3 nitrogen and oxygen atoms in total. The van der Waals surface area contributed by atoms with Crippen LogP contribution in [0.1, 0.15) is 30.7 Å². The van der Waals surface area contributed by atoms with Crippen molar-refractivity contribution in [2.45, 2.75) is 33.9 Å². The van der Waals surface area contributed by atoms with Crippen molar-refractivity contribution in [3.8, 4) is 0 Å². The lowest BCUT2D eigenvalue weighted by molar-refractivity contribution is 0.551. The van der Waals surface area contributed by atoms with Crippen LogP contribution in [0.25, 0.3) is 0 Å². The molecule has 2 rings (SSSR count). The fourth-order valence-electron chi connectivity index (χ4n) is 2.15. The van der Waals surface area contributed by atoms with Gasteiger partial charge in [-0.1, -0.05) is 43.1 Å². The molecule has 0 aliphatic carbocycles. The molecule has 0 unspecified atom stereocenters. The Morgan fingerprint density at radius 1 is 1.24 bits per heavy atom. The van der Waals surface area contributed by atoms with E-state index >= 15 is 0 Å². The quantitative estimate of drug-likeness (QED) is 0.858. The lowest BCUT2D eigenvalue weighted by atomic mass is 10.2. The molecule has 0 aliphatic rings. The molecule has 114 valence electrons. The molecule has 2 aromatic rings. The summed E-state index contributed by atoms with van der Waals surface area (Å²) in [6.45, 7) is 8.84. The van der Waals surface area contributed by atoms with Crippen LogP contribution in [0.5, 0.6) is 0 Å². The number of aromatic nitrogens is 2. The summed E-state index contributed by atoms with van der Waals surface area (Å²) < 4.78 is 1.90. The largest absolute Gasteiger partial charge is 0.312 e. The Morgan fingerprint density at radius 2 is 1.90 bits per heavy atom. The van der Waals surface area contributed by atoms with Gasteiger partial charge in [0.2, 0.25) is 0 Å². The number of halogens is 2. The van der Waals surface area contributed by atoms with Gasteiger partial charge < -0.3 is 5.32 Å². The van der Waals surface area contributed by atoms with E-state index < -0.39 is 0 Å². The molecular weight excluding hydrogens is 305 g/mol. The van der Waals surface area contributed by atoms with E-state index in [1.165, 1.54) is 5.56 Å². The van der Waals surface area contributed by atoms with Gasteiger partial charge in [-0.2, -0.15) is 5.10 Å². The lowest BCUT2D eigenvalue weighted by Crippen LogP contribution is -2.19. The van der Waals surface area contributed by atoms with Gasteiger partial charge in [-0.25, -0.2) is 0 Å². The molecule has 5 heteroatoms. The van der Waals surface area contributed by atoms with E-state index in [1.54, 1.807) is 0 Å². The molecule has 0 amide bonds. The molecule has 0 saturated heterocycles. The zero-order valence-electron chi connectivity index (χ0n) is 12.7. The maximum atomic E-state index is 6.21. The SMILES string of the molecule is Cc1nn(Cc2c(Cl)cccc2Cl)cc1CNCC(C)C. The average molecular weight is 326 g/mol. The van der Waals surface area contributed by atoms with Gasteiger partial charge in [-0.05, 0) is 31.5 Å². The third-order valence-electron chi connectivity index (χ3n) is 3.30. The zero-order chi connectivity index (χ0) is 15.4. The Bertz CT molecular complexity index is 585. The monoisotopic (exact) mass is 325 g/mol. The van der Waals surface area contributed by atoms with Crippen molar-refractivity contribution in [3.63, 3.8) is 0 Å². The molecule has 1 N–H and O–H groups in total. The van der Waals surface area contributed by atoms with Crippen LogP contribution in [-0.4, -0.2) is 16.3 Å². The number of hydrogen-bond donors (Lipinski definition) is 1. The number of benzene rings is 1. The summed E-state index contributed by atoms with van der Waals surface area (Å²) in [5.74, 6) is 0.641. The predicted molar refractivity (Wildman–Crippen MR) is 89.1 cm³/mol. The van der Waals surface area contributed by atoms with Gasteiger partial charge in [0.05, 0.1) is 12.2 Å². The van der Waals surface area contributed by atoms with E-state index in [1.807, 2.05) is 29.8 Å². The highest BCUT2D eigenvalue weighted by molar-refractivity contribution is 6.35. The first-order valence-electron chi connectivity index (χ1n) is 7.14. The Labute approximate surface area is 136 Å². The third-order valence-corrected chi connectivity index (χ3v) is 4.01. The smallest absolute Gasteiger partial charge is 0.0688 e. The van der Waals surface area contributed by atoms with E-state index in [9.17, 15) is 0 Å². The van der Waals surface area contributed by atoms with Crippen LogP contribution in [0, 0.1) is 12.8 Å². The second-order valence-corrected chi connectivity index (χ2v) is 6.48. The van der Waals surface area contributed by atoms with Crippen LogP contribution in [-0.2, 0) is 13.1 Å². The summed E-state index contributed by atoms with van der Waals surface area (Å²) in [6, 6.07) is 5.55. The van der Waals surface area contributed by atoms with E-state index in [-0.39, 0.29) is 0 Å². The summed E-state index contributed by atoms with van der Waals surface area (Å²) in [4.78, 5) is 0. The Morgan fingerprint density at radius 3 is 2.52 bits per heavy atom. The molecule has 0 fully saturated rings. The van der Waals surface area contributed by atoms with Gasteiger partial charge in [-0.3, -0.25) is 4.68 Å². The van der Waals surface area contributed by atoms with Crippen molar-refractivity contribution in [3.05, 3.63) is 51.3 Å². The summed E-state index contributed by atoms with van der Waals surface area (Å²) >= 11 is 12.4. The van der Waals surface area contributed by atoms with Crippen molar-refractivity contribution >= 4 is 23.2 Å². The van der Waals surface area contributed by atoms with E-state index in [0.29, 0.717) is 22.5 Å². The summed E-state index contributed by atoms with van der Waals surface area (Å²) in [5, 5.41) is 9.33. The second-order valence-electron chi connectivity index (χ2n) is 5.66. The van der Waals surface area contributed by atoms with Crippen LogP contribution in [0.3, 0.4) is 0 Å². The number of nitrogens with one attached hydrogen (secondary N) is 1. The zero-order valence-corrected chi connectivity index (χ0v) is 14.2. The fourth-order valence-corrected chi connectivity index (χ4v) is 2.67. The van der Waals surface area contributed by atoms with Crippen molar-refractivity contribution in [1.82, 2.24) is 15.1 Å². The minimum absolute atomic E-state index is 0.587. The van der Waals surface area contributed by atoms with E-state index in [2.05, 4.69) is 30.5 Å². The molecular formula is C16H21Cl2N3. The van der Waals surface area contributed by atoms with Crippen LogP contribution < -0.4 is 5.32 Å². The average Bonchev–Trinajstić information content (AvgIpc) is 2.74. The Balaban J connectivity index is 2.08. The highest BCUT2D eigenvalue weighted by Crippen LogP contribution is 2.25. The minimum atomic E-state index is 0.587. The fraction of sp³-hybridized carbons (Fsp3) is 0.438. The van der Waals surface area contributed by atoms with Gasteiger partial charge in [0.1, 0.15) is 0 Å². The van der Waals surface area contributed by atoms with Crippen molar-refractivity contribution in [2.75, 3.05) is 6.54 Å². The van der Waals surface area contributed by atoms with Crippen LogP contribution in [0.4, 0.5) is 0 Å². The molecule has 1 heterocycles. The molecule has 0 aliphatic heterocycles. The molecule has 0 bridgehead atoms. The highest BCUT2D eigenvalue weighted by atomic mass is 35.5. The standard InChI is InChI=1S/C16H21Cl2N3/c1-11(2)7-19-8-13-9-21(20-12(13)3)10-14-15(17)5-4-6-16(14)18/h4-6,9,11,19H,7-8,10H2,1-3H3. The molecule has 0 saturated carbocycles. The summed E-state index contributed by atoms with van der Waals surface area (Å²) in [6.07, 6.45) is 2.06. The van der Waals surface area contributed by atoms with Gasteiger partial charge in [-0.15, -0.1) is 0 Å². The van der Waals surface area contributed by atoms with Crippen molar-refractivity contribution in [2.24, 2.45) is 5.92 Å². The molecule has 21 heavy (non-hydrogen) atoms. The maximum Gasteiger partial charge on any atom is 0.0688 e. The molecule has 0 atom stereocenters. The van der Waals surface area contributed by atoms with Crippen LogP contribution >= 0.6 is 23.2 Å². The summed E-state index contributed by atoms with van der Waals surface area (Å²) in [5.41, 5.74) is 3.15. The normalized spacial score (nSPS) is 11.3. The van der Waals surface area contributed by atoms with Crippen molar-refractivity contribution in [1.29, 1.82) is 0 Å². The lowest BCUT2D eigenvalue weighted by Gasteiger charge is -2.07. The number of aryl methyl sites for hydroxylation is 1. The number of nitrogens with zero attached hydrogens (tertiary/aromatic N) is 2. The Kier molecular flexibility index (Phi) is 5.68. The molecule has 1 aromatic carbocycles. The van der Waals surface area contributed by atoms with E-state index in [0.717, 1.165) is 24.3 Å². The highest BCUT2D eigenvalue weighted by Gasteiger charge is 2.09. The maximum absolute atomic E-state index is 6.21. The molecule has 0 spiro atoms. The van der Waals surface area contributed by atoms with Crippen LogP contribution in [0.15, 0.2) is 24.4 Å². The minimum Gasteiger partial charge on any atom is -0.312 e. The predicted octanol–water partition coefficient (Wildman–Crippen LogP) is 4.29. The third kappa shape index (κ3) is 4.47. The number of hydrogen-bond acceptors (Lipinski definition) is 2. The van der Waals surface area contributed by atoms with Gasteiger partial charge in [0, 0.05) is 33.9 Å². The van der Waals surface area contributed by atoms with Crippen LogP contribution in [0.2, 0.25) is 10.0 Å². The number of rotatable bonds is 6. The van der Waals surface area contributed by atoms with E-state index in [4.69, 9.17) is 23.2 Å². The van der Waals surface area contributed by atoms with Gasteiger partial charge in [0.15, 0.2) is 0 Å². The molecule has 0 radical (unpaired) electrons. The first-order chi connectivity index (χ1) is 9.97. The van der Waals surface area contributed by atoms with Gasteiger partial charge in [0.25, 0.3) is 0 Å². The van der Waals surface area contributed by atoms with Crippen molar-refractivity contribution < 1.29 is 0 Å². The first-order valence-corrected chi connectivity index (χ1v) is 7.89. The second kappa shape index (κ2) is 7.30. The topological polar surface area (TPSA) is 29.9 Å². The summed E-state index contributed by atoms with van der Waals surface area (Å²) in [7, 11) is 0. The first kappa shape index (κ1) is 16.3. The van der Waals surface area contributed by atoms with Gasteiger partial charge >= 0.3 is 0 Å². The Hall–Kier alpha value is -1.03.